The van der Waals surface area contributed by atoms with Gasteiger partial charge in [-0.15, -0.1) is 0 Å². The summed E-state index contributed by atoms with van der Waals surface area (Å²) in [5, 5.41) is 19.7. The van der Waals surface area contributed by atoms with Gasteiger partial charge in [0, 0.05) is 19.2 Å². The summed E-state index contributed by atoms with van der Waals surface area (Å²) in [6, 6.07) is 3.66. The number of aromatic nitrogens is 1. The first-order chi connectivity index (χ1) is 7.65. The van der Waals surface area contributed by atoms with Crippen molar-refractivity contribution in [3.63, 3.8) is 0 Å². The molecule has 0 fully saturated rings. The standard InChI is InChI=1S/C10H12N2O4/c13-6-4-8(10(15)16)12-9(14)7-3-1-2-5-11-7/h1-3,5,8,13H,4,6H2,(H,12,14)(H,15,16)/t8-/m0/s1. The molecular formula is C10H12N2O4. The van der Waals surface area contributed by atoms with E-state index in [4.69, 9.17) is 10.2 Å². The van der Waals surface area contributed by atoms with Crippen LogP contribution in [0.25, 0.3) is 0 Å². The van der Waals surface area contributed by atoms with Gasteiger partial charge in [-0.25, -0.2) is 4.79 Å². The van der Waals surface area contributed by atoms with Crippen LogP contribution in [0.1, 0.15) is 16.9 Å². The largest absolute Gasteiger partial charge is 0.480 e. The minimum atomic E-state index is -1.18. The number of carboxylic acid groups (broad SMARTS) is 1. The summed E-state index contributed by atoms with van der Waals surface area (Å²) in [6.45, 7) is -0.306. The van der Waals surface area contributed by atoms with E-state index >= 15 is 0 Å². The van der Waals surface area contributed by atoms with E-state index in [1.54, 1.807) is 12.1 Å². The fraction of sp³-hybridized carbons (Fsp3) is 0.300. The summed E-state index contributed by atoms with van der Waals surface area (Å²) in [5.41, 5.74) is 0.145. The molecule has 0 spiro atoms. The van der Waals surface area contributed by atoms with E-state index in [2.05, 4.69) is 10.3 Å². The maximum absolute atomic E-state index is 11.5. The molecule has 1 heterocycles. The molecule has 0 bridgehead atoms. The highest BCUT2D eigenvalue weighted by atomic mass is 16.4. The molecule has 86 valence electrons. The van der Waals surface area contributed by atoms with Gasteiger partial charge in [0.2, 0.25) is 0 Å². The molecular weight excluding hydrogens is 212 g/mol. The topological polar surface area (TPSA) is 99.5 Å². The average Bonchev–Trinajstić information content (AvgIpc) is 2.29. The molecule has 1 atom stereocenters. The maximum atomic E-state index is 11.5. The summed E-state index contributed by atoms with van der Waals surface area (Å²) in [7, 11) is 0. The molecule has 3 N–H and O–H groups in total. The summed E-state index contributed by atoms with van der Waals surface area (Å²) < 4.78 is 0. The molecule has 0 aliphatic carbocycles. The molecule has 0 radical (unpaired) electrons. The molecule has 0 saturated carbocycles. The van der Waals surface area contributed by atoms with Crippen LogP contribution in [-0.4, -0.2) is 39.7 Å². The van der Waals surface area contributed by atoms with Crippen LogP contribution in [0.2, 0.25) is 0 Å². The van der Waals surface area contributed by atoms with Crippen LogP contribution >= 0.6 is 0 Å². The number of aliphatic carboxylic acids is 1. The van der Waals surface area contributed by atoms with Crippen molar-refractivity contribution in [3.05, 3.63) is 30.1 Å². The number of hydrogen-bond donors (Lipinski definition) is 3. The number of pyridine rings is 1. The van der Waals surface area contributed by atoms with Gasteiger partial charge in [0.15, 0.2) is 0 Å². The van der Waals surface area contributed by atoms with E-state index in [9.17, 15) is 9.59 Å². The van der Waals surface area contributed by atoms with Crippen molar-refractivity contribution < 1.29 is 19.8 Å². The zero-order valence-corrected chi connectivity index (χ0v) is 8.46. The van der Waals surface area contributed by atoms with Gasteiger partial charge in [0.1, 0.15) is 11.7 Å². The molecule has 1 amide bonds. The fourth-order valence-corrected chi connectivity index (χ4v) is 1.12. The number of carboxylic acids is 1. The van der Waals surface area contributed by atoms with Crippen molar-refractivity contribution in [2.24, 2.45) is 0 Å². The molecule has 0 aromatic carbocycles. The van der Waals surface area contributed by atoms with Crippen LogP contribution in [0.4, 0.5) is 0 Å². The summed E-state index contributed by atoms with van der Waals surface area (Å²) in [4.78, 5) is 26.0. The summed E-state index contributed by atoms with van der Waals surface area (Å²) in [6.07, 6.45) is 1.41. The number of nitrogens with one attached hydrogen (secondary N) is 1. The Balaban J connectivity index is 2.65. The lowest BCUT2D eigenvalue weighted by Crippen LogP contribution is -2.41. The monoisotopic (exact) mass is 224 g/mol. The second kappa shape index (κ2) is 5.82. The number of nitrogens with zero attached hydrogens (tertiary/aromatic N) is 1. The Morgan fingerprint density at radius 3 is 2.69 bits per heavy atom. The number of carbonyl (C=O) groups excluding carboxylic acids is 1. The summed E-state index contributed by atoms with van der Waals surface area (Å²) in [5.74, 6) is -1.75. The molecule has 1 aromatic rings. The predicted octanol–water partition coefficient (Wildman–Crippen LogP) is -0.353. The van der Waals surface area contributed by atoms with Gasteiger partial charge in [-0.2, -0.15) is 0 Å². The van der Waals surface area contributed by atoms with E-state index in [1.807, 2.05) is 0 Å². The van der Waals surface area contributed by atoms with E-state index in [0.29, 0.717) is 0 Å². The van der Waals surface area contributed by atoms with Crippen molar-refractivity contribution in [1.82, 2.24) is 10.3 Å². The first-order valence-corrected chi connectivity index (χ1v) is 4.70. The Kier molecular flexibility index (Phi) is 4.41. The van der Waals surface area contributed by atoms with Crippen molar-refractivity contribution in [3.8, 4) is 0 Å². The fourth-order valence-electron chi connectivity index (χ4n) is 1.12. The Morgan fingerprint density at radius 2 is 2.19 bits per heavy atom. The lowest BCUT2D eigenvalue weighted by molar-refractivity contribution is -0.139. The molecule has 0 unspecified atom stereocenters. The van der Waals surface area contributed by atoms with E-state index in [1.165, 1.54) is 12.3 Å². The van der Waals surface area contributed by atoms with Gasteiger partial charge in [-0.3, -0.25) is 9.78 Å². The molecule has 6 nitrogen and oxygen atoms in total. The van der Waals surface area contributed by atoms with Crippen LogP contribution in [0.3, 0.4) is 0 Å². The van der Waals surface area contributed by atoms with Crippen molar-refractivity contribution in [2.45, 2.75) is 12.5 Å². The van der Waals surface area contributed by atoms with Gasteiger partial charge < -0.3 is 15.5 Å². The maximum Gasteiger partial charge on any atom is 0.326 e. The second-order valence-electron chi connectivity index (χ2n) is 3.09. The molecule has 16 heavy (non-hydrogen) atoms. The van der Waals surface area contributed by atoms with Gasteiger partial charge in [0.05, 0.1) is 0 Å². The molecule has 0 saturated heterocycles. The first kappa shape index (κ1) is 12.1. The van der Waals surface area contributed by atoms with Crippen LogP contribution in [-0.2, 0) is 4.79 Å². The predicted molar refractivity (Wildman–Crippen MR) is 54.8 cm³/mol. The normalized spacial score (nSPS) is 11.8. The van der Waals surface area contributed by atoms with Crippen molar-refractivity contribution in [2.75, 3.05) is 6.61 Å². The first-order valence-electron chi connectivity index (χ1n) is 4.70. The van der Waals surface area contributed by atoms with Gasteiger partial charge in [0.25, 0.3) is 5.91 Å². The number of rotatable bonds is 5. The lowest BCUT2D eigenvalue weighted by Gasteiger charge is -2.12. The molecule has 1 aromatic heterocycles. The van der Waals surface area contributed by atoms with Gasteiger partial charge in [-0.05, 0) is 12.1 Å². The third kappa shape index (κ3) is 3.32. The Hall–Kier alpha value is -1.95. The molecule has 1 rings (SSSR count). The second-order valence-corrected chi connectivity index (χ2v) is 3.09. The average molecular weight is 224 g/mol. The quantitative estimate of drug-likeness (QED) is 0.634. The summed E-state index contributed by atoms with van der Waals surface area (Å²) >= 11 is 0. The number of amides is 1. The highest BCUT2D eigenvalue weighted by molar-refractivity contribution is 5.94. The third-order valence-corrected chi connectivity index (χ3v) is 1.92. The minimum absolute atomic E-state index is 0.0338. The van der Waals surface area contributed by atoms with E-state index in [0.717, 1.165) is 0 Å². The third-order valence-electron chi connectivity index (χ3n) is 1.92. The van der Waals surface area contributed by atoms with E-state index in [-0.39, 0.29) is 18.7 Å². The number of hydrogen-bond acceptors (Lipinski definition) is 4. The van der Waals surface area contributed by atoms with Crippen molar-refractivity contribution in [1.29, 1.82) is 0 Å². The van der Waals surface area contributed by atoms with Crippen LogP contribution in [0, 0.1) is 0 Å². The Morgan fingerprint density at radius 1 is 1.44 bits per heavy atom. The molecule has 6 heteroatoms. The zero-order valence-electron chi connectivity index (χ0n) is 8.46. The number of aliphatic hydroxyl groups excluding tert-OH is 1. The zero-order chi connectivity index (χ0) is 12.0. The van der Waals surface area contributed by atoms with Crippen LogP contribution in [0.5, 0.6) is 0 Å². The Bertz CT molecular complexity index is 366. The van der Waals surface area contributed by atoms with E-state index < -0.39 is 17.9 Å². The highest BCUT2D eigenvalue weighted by Crippen LogP contribution is 1.97. The lowest BCUT2D eigenvalue weighted by atomic mass is 10.2. The SMILES string of the molecule is O=C(N[C@@H](CCO)C(=O)O)c1ccccn1. The van der Waals surface area contributed by atoms with Crippen LogP contribution < -0.4 is 5.32 Å². The van der Waals surface area contributed by atoms with Gasteiger partial charge in [-0.1, -0.05) is 6.07 Å². The smallest absolute Gasteiger partial charge is 0.326 e. The number of carbonyl (C=O) groups is 2. The Labute approximate surface area is 91.9 Å². The number of aliphatic hydroxyl groups is 1. The van der Waals surface area contributed by atoms with Crippen molar-refractivity contribution >= 4 is 11.9 Å². The highest BCUT2D eigenvalue weighted by Gasteiger charge is 2.20. The van der Waals surface area contributed by atoms with Gasteiger partial charge >= 0.3 is 5.97 Å². The minimum Gasteiger partial charge on any atom is -0.480 e. The molecule has 0 aliphatic rings. The molecule has 0 aliphatic heterocycles. The van der Waals surface area contributed by atoms with Crippen LogP contribution in [0.15, 0.2) is 24.4 Å².